The Balaban J connectivity index is 3.26. The van der Waals surface area contributed by atoms with Crippen LogP contribution >= 0.6 is 0 Å². The highest BCUT2D eigenvalue weighted by Gasteiger charge is 2.19. The molecule has 2 N–H and O–H groups in total. The van der Waals surface area contributed by atoms with Crippen molar-refractivity contribution in [2.24, 2.45) is 0 Å². The molecular formula is C13H17NO5. The lowest BCUT2D eigenvalue weighted by Crippen LogP contribution is -2.41. The first-order chi connectivity index (χ1) is 9.73. The molecule has 0 spiro atoms. The fraction of sp³-hybridized carbons (Fsp3) is 0.385. The minimum atomic E-state index is -2.32. The highest BCUT2D eigenvalue weighted by atomic mass is 16.5. The third kappa shape index (κ3) is 4.17. The number of amides is 1. The lowest BCUT2D eigenvalue weighted by molar-refractivity contribution is -0.141. The highest BCUT2D eigenvalue weighted by molar-refractivity contribution is 5.82. The molecule has 6 heteroatoms. The number of carbonyl (C=O) groups excluding carboxylic acids is 1. The molecule has 104 valence electrons. The Bertz CT molecular complexity index is 547. The van der Waals surface area contributed by atoms with Gasteiger partial charge < -0.3 is 19.9 Å². The van der Waals surface area contributed by atoms with E-state index in [1.165, 1.54) is 32.4 Å². The smallest absolute Gasteiger partial charge is 0.326 e. The summed E-state index contributed by atoms with van der Waals surface area (Å²) in [6, 6.07) is 2.49. The van der Waals surface area contributed by atoms with Crippen molar-refractivity contribution in [1.29, 1.82) is 0 Å². The number of hydrogen-bond donors (Lipinski definition) is 2. The van der Waals surface area contributed by atoms with Gasteiger partial charge in [-0.15, -0.1) is 0 Å². The van der Waals surface area contributed by atoms with Crippen LogP contribution in [0.5, 0.6) is 11.5 Å². The van der Waals surface area contributed by atoms with Gasteiger partial charge in [0.1, 0.15) is 6.04 Å². The molecule has 0 heterocycles. The predicted molar refractivity (Wildman–Crippen MR) is 68.5 cm³/mol. The molecule has 6 nitrogen and oxygen atoms in total. The molecular weight excluding hydrogens is 250 g/mol. The summed E-state index contributed by atoms with van der Waals surface area (Å²) < 4.78 is 26.2. The number of carboxylic acids is 1. The van der Waals surface area contributed by atoms with Crippen LogP contribution in [-0.2, 0) is 16.0 Å². The van der Waals surface area contributed by atoms with Gasteiger partial charge in [-0.2, -0.15) is 0 Å². The van der Waals surface area contributed by atoms with Gasteiger partial charge in [-0.1, -0.05) is 6.07 Å². The Morgan fingerprint density at radius 3 is 2.47 bits per heavy atom. The fourth-order valence-electron chi connectivity index (χ4n) is 1.46. The van der Waals surface area contributed by atoms with Crippen LogP contribution in [0.1, 0.15) is 15.2 Å². The summed E-state index contributed by atoms with van der Waals surface area (Å²) in [7, 11) is 2.82. The van der Waals surface area contributed by atoms with Gasteiger partial charge in [-0.25, -0.2) is 4.79 Å². The van der Waals surface area contributed by atoms with Crippen molar-refractivity contribution in [2.75, 3.05) is 14.2 Å². The molecule has 1 atom stereocenters. The molecule has 1 aromatic carbocycles. The number of carboxylic acid groups (broad SMARTS) is 1. The number of carbonyl (C=O) groups is 2. The highest BCUT2D eigenvalue weighted by Crippen LogP contribution is 2.27. The second-order valence-corrected chi connectivity index (χ2v) is 3.69. The molecule has 0 saturated heterocycles. The first-order valence-corrected chi connectivity index (χ1v) is 5.46. The van der Waals surface area contributed by atoms with Crippen LogP contribution in [0.4, 0.5) is 0 Å². The summed E-state index contributed by atoms with van der Waals surface area (Å²) in [5, 5.41) is 11.2. The van der Waals surface area contributed by atoms with E-state index in [1.54, 1.807) is 0 Å². The zero-order valence-electron chi connectivity index (χ0n) is 12.9. The first kappa shape index (κ1) is 11.8. The van der Waals surface area contributed by atoms with Crippen molar-refractivity contribution < 1.29 is 26.9 Å². The molecule has 0 radical (unpaired) electrons. The molecule has 0 unspecified atom stereocenters. The Kier molecular flexibility index (Phi) is 4.13. The second kappa shape index (κ2) is 6.63. The maximum Gasteiger partial charge on any atom is 0.326 e. The predicted octanol–water partition coefficient (Wildman–Crippen LogP) is 0.836. The molecule has 0 saturated carbocycles. The maximum absolute atomic E-state index is 11.2. The number of hydrogen-bond acceptors (Lipinski definition) is 4. The van der Waals surface area contributed by atoms with E-state index in [0.29, 0.717) is 5.75 Å². The van der Waals surface area contributed by atoms with Gasteiger partial charge in [0, 0.05) is 16.0 Å². The number of benzene rings is 1. The summed E-state index contributed by atoms with van der Waals surface area (Å²) in [5.41, 5.74) is 0.0568. The molecule has 1 amide bonds. The number of aliphatic carboxylic acids is 1. The van der Waals surface area contributed by atoms with Crippen LogP contribution in [0.3, 0.4) is 0 Å². The standard InChI is InChI=1S/C13H17NO5/c1-8(15)14-10(13(16)17)6-9-4-5-11(18-2)12(7-9)19-3/h4-5,7,10H,6H2,1-3H3,(H,14,15)(H,16,17)/t10-/m1/s1/i6D2. The van der Waals surface area contributed by atoms with Gasteiger partial charge in [-0.05, 0) is 17.7 Å². The van der Waals surface area contributed by atoms with Gasteiger partial charge >= 0.3 is 5.97 Å². The van der Waals surface area contributed by atoms with Gasteiger partial charge in [0.2, 0.25) is 5.91 Å². The van der Waals surface area contributed by atoms with Crippen molar-refractivity contribution in [1.82, 2.24) is 5.32 Å². The number of rotatable bonds is 6. The van der Waals surface area contributed by atoms with Crippen LogP contribution in [0.15, 0.2) is 18.2 Å². The van der Waals surface area contributed by atoms with Crippen molar-refractivity contribution in [3.8, 4) is 11.5 Å². The van der Waals surface area contributed by atoms with Crippen LogP contribution in [-0.4, -0.2) is 37.2 Å². The topological polar surface area (TPSA) is 84.9 Å². The van der Waals surface area contributed by atoms with E-state index in [1.807, 2.05) is 0 Å². The third-order valence-corrected chi connectivity index (χ3v) is 2.29. The molecule has 0 aliphatic heterocycles. The number of methoxy groups -OCH3 is 2. The van der Waals surface area contributed by atoms with E-state index in [-0.39, 0.29) is 11.3 Å². The SMILES string of the molecule is [2H]C([2H])(c1ccc(OC)c(OC)c1)[C@@H](NC(C)=O)C(=O)O. The molecule has 0 bridgehead atoms. The van der Waals surface area contributed by atoms with Crippen LogP contribution in [0, 0.1) is 0 Å². The van der Waals surface area contributed by atoms with Gasteiger partial charge in [0.15, 0.2) is 11.5 Å². The van der Waals surface area contributed by atoms with Gasteiger partial charge in [0.25, 0.3) is 0 Å². The lowest BCUT2D eigenvalue weighted by Gasteiger charge is -2.14. The second-order valence-electron chi connectivity index (χ2n) is 3.69. The molecule has 0 aliphatic rings. The largest absolute Gasteiger partial charge is 0.493 e. The Hall–Kier alpha value is -2.24. The Labute approximate surface area is 114 Å². The zero-order valence-corrected chi connectivity index (χ0v) is 10.9. The van der Waals surface area contributed by atoms with Gasteiger partial charge in [-0.3, -0.25) is 4.79 Å². The quantitative estimate of drug-likeness (QED) is 0.799. The minimum Gasteiger partial charge on any atom is -0.493 e. The van der Waals surface area contributed by atoms with Crippen LogP contribution in [0.25, 0.3) is 0 Å². The van der Waals surface area contributed by atoms with E-state index in [9.17, 15) is 9.59 Å². The zero-order chi connectivity index (χ0) is 16.2. The van der Waals surface area contributed by atoms with Crippen LogP contribution in [0.2, 0.25) is 0 Å². The van der Waals surface area contributed by atoms with E-state index >= 15 is 0 Å². The average molecular weight is 269 g/mol. The summed E-state index contributed by atoms with van der Waals surface area (Å²) >= 11 is 0. The molecule has 1 rings (SSSR count). The molecule has 1 aromatic rings. The number of nitrogens with one attached hydrogen (secondary N) is 1. The van der Waals surface area contributed by atoms with E-state index < -0.39 is 24.3 Å². The third-order valence-electron chi connectivity index (χ3n) is 2.29. The van der Waals surface area contributed by atoms with Crippen molar-refractivity contribution in [3.05, 3.63) is 23.8 Å². The summed E-state index contributed by atoms with van der Waals surface area (Å²) in [6.07, 6.45) is -2.32. The Morgan fingerprint density at radius 1 is 1.37 bits per heavy atom. The lowest BCUT2D eigenvalue weighted by atomic mass is 10.1. The average Bonchev–Trinajstić information content (AvgIpc) is 2.43. The fourth-order valence-corrected chi connectivity index (χ4v) is 1.46. The molecule has 0 aromatic heterocycles. The summed E-state index contributed by atoms with van der Waals surface area (Å²) in [4.78, 5) is 22.3. The molecule has 19 heavy (non-hydrogen) atoms. The Morgan fingerprint density at radius 2 is 2.00 bits per heavy atom. The molecule has 0 fully saturated rings. The monoisotopic (exact) mass is 269 g/mol. The first-order valence-electron chi connectivity index (χ1n) is 6.46. The van der Waals surface area contributed by atoms with Crippen LogP contribution < -0.4 is 14.8 Å². The molecule has 0 aliphatic carbocycles. The maximum atomic E-state index is 11.2. The summed E-state index contributed by atoms with van der Waals surface area (Å²) in [5.74, 6) is -1.44. The van der Waals surface area contributed by atoms with E-state index in [0.717, 1.165) is 6.92 Å². The van der Waals surface area contributed by atoms with Crippen molar-refractivity contribution >= 4 is 11.9 Å². The van der Waals surface area contributed by atoms with Crippen molar-refractivity contribution in [3.63, 3.8) is 0 Å². The normalized spacial score (nSPS) is 13.8. The van der Waals surface area contributed by atoms with Gasteiger partial charge in [0.05, 0.1) is 14.2 Å². The van der Waals surface area contributed by atoms with E-state index in [4.69, 9.17) is 17.3 Å². The van der Waals surface area contributed by atoms with E-state index in [2.05, 4.69) is 5.32 Å². The van der Waals surface area contributed by atoms with Crippen molar-refractivity contribution in [2.45, 2.75) is 19.3 Å². The summed E-state index contributed by atoms with van der Waals surface area (Å²) in [6.45, 7) is 1.13. The minimum absolute atomic E-state index is 0.0568. The number of ether oxygens (including phenoxy) is 2.